The van der Waals surface area contributed by atoms with Gasteiger partial charge in [-0.3, -0.25) is 9.59 Å². The molecule has 0 amide bonds. The van der Waals surface area contributed by atoms with Gasteiger partial charge in [-0.05, 0) is 43.5 Å². The maximum atomic E-state index is 13.3. The minimum absolute atomic E-state index is 0.0571. The van der Waals surface area contributed by atoms with Crippen molar-refractivity contribution < 1.29 is 4.79 Å². The molecule has 0 N–H and O–H groups in total. The van der Waals surface area contributed by atoms with Gasteiger partial charge in [-0.15, -0.1) is 5.10 Å². The Balaban J connectivity index is 1.58. The molecule has 3 aliphatic heterocycles. The summed E-state index contributed by atoms with van der Waals surface area (Å²) in [6.45, 7) is 0.801. The monoisotopic (exact) mass is 433 g/mol. The Morgan fingerprint density at radius 3 is 2.71 bits per heavy atom. The van der Waals surface area contributed by atoms with Gasteiger partial charge in [-0.2, -0.15) is 4.68 Å². The average molecular weight is 434 g/mol. The summed E-state index contributed by atoms with van der Waals surface area (Å²) < 4.78 is 5.40. The van der Waals surface area contributed by atoms with E-state index in [4.69, 9.17) is 4.98 Å². The predicted octanol–water partition coefficient (Wildman–Crippen LogP) is 3.57. The molecular formula is C23H23N5O2S. The van der Waals surface area contributed by atoms with Gasteiger partial charge < -0.3 is 9.13 Å². The third-order valence-electron chi connectivity index (χ3n) is 5.73. The molecular weight excluding hydrogens is 410 g/mol. The van der Waals surface area contributed by atoms with Crippen LogP contribution in [0.2, 0.25) is 0 Å². The van der Waals surface area contributed by atoms with Gasteiger partial charge in [-0.25, -0.2) is 4.98 Å². The van der Waals surface area contributed by atoms with Gasteiger partial charge >= 0.3 is 0 Å². The molecule has 31 heavy (non-hydrogen) atoms. The molecule has 1 aromatic heterocycles. The lowest BCUT2D eigenvalue weighted by atomic mass is 10.1. The van der Waals surface area contributed by atoms with E-state index in [1.807, 2.05) is 60.3 Å². The number of benzene rings is 1. The second-order valence-corrected chi connectivity index (χ2v) is 8.71. The summed E-state index contributed by atoms with van der Waals surface area (Å²) in [7, 11) is 1.87. The Kier molecular flexibility index (Phi) is 5.23. The Labute approximate surface area is 184 Å². The average Bonchev–Trinajstić information content (AvgIpc) is 3.26. The third kappa shape index (κ3) is 3.61. The fourth-order valence-electron chi connectivity index (χ4n) is 4.16. The Morgan fingerprint density at radius 2 is 1.94 bits per heavy atom. The van der Waals surface area contributed by atoms with Gasteiger partial charge in [0.25, 0.3) is 5.56 Å². The molecule has 0 spiro atoms. The molecule has 0 fully saturated rings. The summed E-state index contributed by atoms with van der Waals surface area (Å²) in [4.78, 5) is 30.7. The zero-order chi connectivity index (χ0) is 21.4. The van der Waals surface area contributed by atoms with E-state index >= 15 is 0 Å². The van der Waals surface area contributed by atoms with E-state index in [9.17, 15) is 9.59 Å². The highest BCUT2D eigenvalue weighted by atomic mass is 32.2. The number of hydrogen-bond acceptors (Lipinski definition) is 5. The number of nitrogens with zero attached hydrogens (tertiary/aromatic N) is 5. The van der Waals surface area contributed by atoms with Gasteiger partial charge in [0.1, 0.15) is 5.56 Å². The summed E-state index contributed by atoms with van der Waals surface area (Å²) in [5, 5.41) is 5.30. The number of carbonyl (C=O) groups excluding carboxylic acids is 1. The molecule has 158 valence electrons. The minimum Gasteiger partial charge on any atom is -0.348 e. The highest BCUT2D eigenvalue weighted by Gasteiger charge is 2.27. The van der Waals surface area contributed by atoms with Gasteiger partial charge in [0.2, 0.25) is 0 Å². The minimum atomic E-state index is -0.129. The second kappa shape index (κ2) is 8.19. The third-order valence-corrected chi connectivity index (χ3v) is 6.71. The van der Waals surface area contributed by atoms with Crippen LogP contribution in [0.3, 0.4) is 0 Å². The first kappa shape index (κ1) is 19.8. The Hall–Kier alpha value is -3.13. The molecule has 0 bridgehead atoms. The van der Waals surface area contributed by atoms with Crippen LogP contribution in [-0.2, 0) is 20.0 Å². The Bertz CT molecular complexity index is 1270. The first-order chi connectivity index (χ1) is 15.1. The molecule has 0 unspecified atom stereocenters. The summed E-state index contributed by atoms with van der Waals surface area (Å²) in [5.74, 6) is 0.803. The number of hydrogen-bond donors (Lipinski definition) is 0. The van der Waals surface area contributed by atoms with Crippen LogP contribution in [0.5, 0.6) is 0 Å². The van der Waals surface area contributed by atoms with Crippen molar-refractivity contribution >= 4 is 17.5 Å². The van der Waals surface area contributed by atoms with Crippen LogP contribution in [0.4, 0.5) is 0 Å². The summed E-state index contributed by atoms with van der Waals surface area (Å²) in [6.07, 6.45) is 5.85. The standard InChI is InChI=1S/C23H23N5O2S/c1-26-13-8-12-17(26)19(29)15-31-23-24-21-20(18-11-6-3-7-14-27(18)23)22(30)28(25-21)16-9-4-2-5-10-16/h2,4-5,8-10,12-13H,3,6-7,11,14-15H2,1H3. The summed E-state index contributed by atoms with van der Waals surface area (Å²) in [6, 6.07) is 13.1. The van der Waals surface area contributed by atoms with E-state index in [-0.39, 0.29) is 11.3 Å². The van der Waals surface area contributed by atoms with Crippen molar-refractivity contribution in [1.82, 2.24) is 23.9 Å². The summed E-state index contributed by atoms with van der Waals surface area (Å²) >= 11 is 1.42. The van der Waals surface area contributed by atoms with Crippen molar-refractivity contribution in [2.45, 2.75) is 37.4 Å². The lowest BCUT2D eigenvalue weighted by Crippen LogP contribution is -2.19. The fraction of sp³-hybridized carbons (Fsp3) is 0.304. The molecule has 0 saturated heterocycles. The number of thioether (sulfide) groups is 1. The number of aromatic nitrogens is 5. The van der Waals surface area contributed by atoms with Crippen molar-refractivity contribution in [3.63, 3.8) is 0 Å². The number of Topliss-reactive ketones (excluding diaryl/α,β-unsaturated/α-hetero) is 1. The van der Waals surface area contributed by atoms with E-state index in [0.717, 1.165) is 48.8 Å². The number of ketones is 1. The van der Waals surface area contributed by atoms with Crippen LogP contribution in [0.25, 0.3) is 17.1 Å². The van der Waals surface area contributed by atoms with E-state index in [1.54, 1.807) is 0 Å². The van der Waals surface area contributed by atoms with Crippen molar-refractivity contribution in [3.8, 4) is 17.1 Å². The van der Waals surface area contributed by atoms with Crippen LogP contribution in [0.15, 0.2) is 58.6 Å². The largest absolute Gasteiger partial charge is 0.348 e. The zero-order valence-corrected chi connectivity index (χ0v) is 18.1. The number of aryl methyl sites for hydroxylation is 1. The first-order valence-electron chi connectivity index (χ1n) is 10.5. The highest BCUT2D eigenvalue weighted by Crippen LogP contribution is 2.30. The van der Waals surface area contributed by atoms with Gasteiger partial charge in [0.15, 0.2) is 16.8 Å². The molecule has 2 aromatic rings. The van der Waals surface area contributed by atoms with Crippen LogP contribution in [-0.4, -0.2) is 35.4 Å². The van der Waals surface area contributed by atoms with Crippen LogP contribution in [0, 0.1) is 0 Å². The maximum absolute atomic E-state index is 13.3. The second-order valence-electron chi connectivity index (χ2n) is 7.77. The van der Waals surface area contributed by atoms with Crippen molar-refractivity contribution in [2.75, 3.05) is 5.75 Å². The molecule has 1 aromatic carbocycles. The van der Waals surface area contributed by atoms with Crippen molar-refractivity contribution in [1.29, 1.82) is 0 Å². The molecule has 0 radical (unpaired) electrons. The van der Waals surface area contributed by atoms with Gasteiger partial charge in [0, 0.05) is 25.5 Å². The topological polar surface area (TPSA) is 74.7 Å². The van der Waals surface area contributed by atoms with Gasteiger partial charge in [-0.1, -0.05) is 36.4 Å². The predicted molar refractivity (Wildman–Crippen MR) is 120 cm³/mol. The molecule has 0 atom stereocenters. The lowest BCUT2D eigenvalue weighted by molar-refractivity contribution is 0.101. The number of fused-ring (bicyclic) bond motifs is 3. The van der Waals surface area contributed by atoms with E-state index in [2.05, 4.69) is 9.67 Å². The van der Waals surface area contributed by atoms with E-state index in [1.165, 1.54) is 16.4 Å². The number of rotatable bonds is 5. The number of carbonyl (C=O) groups is 1. The van der Waals surface area contributed by atoms with Crippen LogP contribution < -0.4 is 5.56 Å². The lowest BCUT2D eigenvalue weighted by Gasteiger charge is -2.17. The Morgan fingerprint density at radius 1 is 1.10 bits per heavy atom. The quantitative estimate of drug-likeness (QED) is 0.273. The maximum Gasteiger partial charge on any atom is 0.284 e. The molecule has 4 heterocycles. The fourth-order valence-corrected chi connectivity index (χ4v) is 5.08. The molecule has 7 nitrogen and oxygen atoms in total. The van der Waals surface area contributed by atoms with Crippen molar-refractivity contribution in [3.05, 3.63) is 70.4 Å². The molecule has 0 aliphatic carbocycles. The molecule has 8 heteroatoms. The van der Waals surface area contributed by atoms with Gasteiger partial charge in [0.05, 0.1) is 17.1 Å². The smallest absolute Gasteiger partial charge is 0.284 e. The van der Waals surface area contributed by atoms with E-state index < -0.39 is 0 Å². The normalized spacial score (nSPS) is 13.8. The van der Waals surface area contributed by atoms with E-state index in [0.29, 0.717) is 22.8 Å². The molecule has 0 saturated carbocycles. The molecule has 3 aliphatic rings. The SMILES string of the molecule is Cn1cccc1C(=O)CSc1nc2nn(-c3ccccc3)c(=O)c-2c2n1CCCCC2. The first-order valence-corrected chi connectivity index (χ1v) is 11.5. The van der Waals surface area contributed by atoms with Crippen LogP contribution in [0.1, 0.15) is 35.4 Å². The molecule has 5 rings (SSSR count). The zero-order valence-electron chi connectivity index (χ0n) is 17.3. The van der Waals surface area contributed by atoms with Crippen LogP contribution >= 0.6 is 11.8 Å². The summed E-state index contributed by atoms with van der Waals surface area (Å²) in [5.41, 5.74) is 2.87. The van der Waals surface area contributed by atoms with Crippen molar-refractivity contribution in [2.24, 2.45) is 7.05 Å². The number of para-hydroxylation sites is 1. The highest BCUT2D eigenvalue weighted by molar-refractivity contribution is 7.99.